The molecular weight excluding hydrogens is 243 g/mol. The van der Waals surface area contributed by atoms with Gasteiger partial charge in [0, 0.05) is 23.5 Å². The van der Waals surface area contributed by atoms with Crippen molar-refractivity contribution < 1.29 is 4.39 Å². The van der Waals surface area contributed by atoms with Crippen LogP contribution in [0.1, 0.15) is 0 Å². The fraction of sp³-hybridized carbons (Fsp3) is 0. The Kier molecular flexibility index (Phi) is 2.72. The minimum atomic E-state index is -0.333. The summed E-state index contributed by atoms with van der Waals surface area (Å²) in [5.74, 6) is -0.0651. The fourth-order valence-electron chi connectivity index (χ4n) is 2.01. The van der Waals surface area contributed by atoms with Gasteiger partial charge in [-0.05, 0) is 18.2 Å². The molecule has 0 aliphatic rings. The first-order valence-electron chi connectivity index (χ1n) is 5.76. The van der Waals surface area contributed by atoms with E-state index < -0.39 is 0 Å². The minimum absolute atomic E-state index is 0.268. The number of rotatable bonds is 2. The SMILES string of the molecule is Nc1n[nH]c(-c2cccnc2)c1-c1ccccc1F. The van der Waals surface area contributed by atoms with Crippen molar-refractivity contribution in [2.45, 2.75) is 0 Å². The third-order valence-corrected chi connectivity index (χ3v) is 2.89. The van der Waals surface area contributed by atoms with Crippen LogP contribution in [0.25, 0.3) is 22.4 Å². The smallest absolute Gasteiger partial charge is 0.153 e. The maximum Gasteiger partial charge on any atom is 0.153 e. The Hall–Kier alpha value is -2.69. The number of nitrogens with zero attached hydrogens (tertiary/aromatic N) is 2. The molecule has 0 aliphatic carbocycles. The third-order valence-electron chi connectivity index (χ3n) is 2.89. The molecule has 1 aromatic carbocycles. The molecule has 0 unspecified atom stereocenters. The highest BCUT2D eigenvalue weighted by Gasteiger charge is 2.17. The normalized spacial score (nSPS) is 10.6. The van der Waals surface area contributed by atoms with Crippen LogP contribution in [0.15, 0.2) is 48.8 Å². The molecule has 0 bridgehead atoms. The molecule has 3 N–H and O–H groups in total. The first-order valence-corrected chi connectivity index (χ1v) is 5.76. The van der Waals surface area contributed by atoms with Crippen molar-refractivity contribution in [3.63, 3.8) is 0 Å². The maximum absolute atomic E-state index is 13.9. The zero-order valence-corrected chi connectivity index (χ0v) is 9.97. The topological polar surface area (TPSA) is 67.6 Å². The summed E-state index contributed by atoms with van der Waals surface area (Å²) in [5.41, 5.74) is 8.31. The minimum Gasteiger partial charge on any atom is -0.382 e. The van der Waals surface area contributed by atoms with Gasteiger partial charge in [-0.15, -0.1) is 0 Å². The lowest BCUT2D eigenvalue weighted by atomic mass is 10.0. The Morgan fingerprint density at radius 1 is 1.11 bits per heavy atom. The average Bonchev–Trinajstić information content (AvgIpc) is 2.82. The summed E-state index contributed by atoms with van der Waals surface area (Å²) in [6, 6.07) is 10.1. The Balaban J connectivity index is 2.23. The van der Waals surface area contributed by atoms with Crippen LogP contribution >= 0.6 is 0 Å². The number of benzene rings is 1. The zero-order chi connectivity index (χ0) is 13.2. The molecule has 0 fully saturated rings. The van der Waals surface area contributed by atoms with Gasteiger partial charge in [-0.2, -0.15) is 5.10 Å². The number of aromatic nitrogens is 3. The van der Waals surface area contributed by atoms with Crippen LogP contribution < -0.4 is 5.73 Å². The maximum atomic E-state index is 13.9. The average molecular weight is 254 g/mol. The number of H-pyrrole nitrogens is 1. The van der Waals surface area contributed by atoms with Gasteiger partial charge in [0.2, 0.25) is 0 Å². The summed E-state index contributed by atoms with van der Waals surface area (Å²) in [6.07, 6.45) is 3.35. The van der Waals surface area contributed by atoms with Crippen molar-refractivity contribution in [3.05, 3.63) is 54.6 Å². The van der Waals surface area contributed by atoms with Gasteiger partial charge in [0.05, 0.1) is 11.3 Å². The summed E-state index contributed by atoms with van der Waals surface area (Å²) < 4.78 is 13.9. The van der Waals surface area contributed by atoms with E-state index in [-0.39, 0.29) is 11.6 Å². The van der Waals surface area contributed by atoms with Crippen LogP contribution in [0.3, 0.4) is 0 Å². The van der Waals surface area contributed by atoms with E-state index in [9.17, 15) is 4.39 Å². The predicted molar refractivity (Wildman–Crippen MR) is 71.6 cm³/mol. The van der Waals surface area contributed by atoms with E-state index >= 15 is 0 Å². The molecular formula is C14H11FN4. The second kappa shape index (κ2) is 4.53. The van der Waals surface area contributed by atoms with Crippen LogP contribution in [-0.4, -0.2) is 15.2 Å². The molecule has 0 amide bonds. The van der Waals surface area contributed by atoms with Crippen molar-refractivity contribution in [1.29, 1.82) is 0 Å². The quantitative estimate of drug-likeness (QED) is 0.738. The van der Waals surface area contributed by atoms with E-state index in [0.717, 1.165) is 5.56 Å². The second-order valence-corrected chi connectivity index (χ2v) is 4.08. The highest BCUT2D eigenvalue weighted by molar-refractivity contribution is 5.87. The lowest BCUT2D eigenvalue weighted by Gasteiger charge is -2.05. The first-order chi connectivity index (χ1) is 9.27. The molecule has 3 aromatic rings. The molecule has 0 spiro atoms. The molecule has 5 heteroatoms. The van der Waals surface area contributed by atoms with E-state index in [1.165, 1.54) is 6.07 Å². The van der Waals surface area contributed by atoms with Gasteiger partial charge in [0.25, 0.3) is 0 Å². The number of nitrogens with two attached hydrogens (primary N) is 1. The molecule has 3 rings (SSSR count). The lowest BCUT2D eigenvalue weighted by molar-refractivity contribution is 0.631. The number of hydrogen-bond acceptors (Lipinski definition) is 3. The number of aromatic amines is 1. The van der Waals surface area contributed by atoms with E-state index in [4.69, 9.17) is 5.73 Å². The van der Waals surface area contributed by atoms with Gasteiger partial charge < -0.3 is 5.73 Å². The number of pyridine rings is 1. The van der Waals surface area contributed by atoms with Crippen molar-refractivity contribution in [2.24, 2.45) is 0 Å². The summed E-state index contributed by atoms with van der Waals surface area (Å²) in [5, 5.41) is 6.80. The van der Waals surface area contributed by atoms with Gasteiger partial charge >= 0.3 is 0 Å². The van der Waals surface area contributed by atoms with Crippen LogP contribution in [0.5, 0.6) is 0 Å². The van der Waals surface area contributed by atoms with Crippen LogP contribution in [-0.2, 0) is 0 Å². The van der Waals surface area contributed by atoms with Gasteiger partial charge in [-0.25, -0.2) is 4.39 Å². The monoisotopic (exact) mass is 254 g/mol. The molecule has 2 heterocycles. The van der Waals surface area contributed by atoms with Gasteiger partial charge in [-0.1, -0.05) is 18.2 Å². The third kappa shape index (κ3) is 1.95. The Morgan fingerprint density at radius 3 is 2.68 bits per heavy atom. The van der Waals surface area contributed by atoms with Gasteiger partial charge in [-0.3, -0.25) is 10.1 Å². The number of anilines is 1. The second-order valence-electron chi connectivity index (χ2n) is 4.08. The zero-order valence-electron chi connectivity index (χ0n) is 9.97. The van der Waals surface area contributed by atoms with Crippen molar-refractivity contribution in [3.8, 4) is 22.4 Å². The number of halogens is 1. The van der Waals surface area contributed by atoms with Crippen LogP contribution in [0, 0.1) is 5.82 Å². The Morgan fingerprint density at radius 2 is 1.95 bits per heavy atom. The molecule has 2 aromatic heterocycles. The number of nitrogen functional groups attached to an aromatic ring is 1. The Bertz CT molecular complexity index is 706. The molecule has 4 nitrogen and oxygen atoms in total. The number of nitrogens with one attached hydrogen (secondary N) is 1. The highest BCUT2D eigenvalue weighted by Crippen LogP contribution is 2.35. The molecule has 0 radical (unpaired) electrons. The summed E-state index contributed by atoms with van der Waals surface area (Å²) in [6.45, 7) is 0. The largest absolute Gasteiger partial charge is 0.382 e. The molecule has 0 aliphatic heterocycles. The van der Waals surface area contributed by atoms with Crippen LogP contribution in [0.4, 0.5) is 10.2 Å². The Labute approximate surface area is 109 Å². The van der Waals surface area contributed by atoms with E-state index in [1.807, 2.05) is 6.07 Å². The van der Waals surface area contributed by atoms with Gasteiger partial charge in [0.1, 0.15) is 5.82 Å². The van der Waals surface area contributed by atoms with E-state index in [2.05, 4.69) is 15.2 Å². The van der Waals surface area contributed by atoms with Gasteiger partial charge in [0.15, 0.2) is 5.82 Å². The summed E-state index contributed by atoms with van der Waals surface area (Å²) in [7, 11) is 0. The molecule has 0 atom stereocenters. The first kappa shape index (κ1) is 11.4. The van der Waals surface area contributed by atoms with Crippen molar-refractivity contribution in [1.82, 2.24) is 15.2 Å². The van der Waals surface area contributed by atoms with Crippen LogP contribution in [0.2, 0.25) is 0 Å². The van der Waals surface area contributed by atoms with E-state index in [0.29, 0.717) is 16.8 Å². The molecule has 94 valence electrons. The van der Waals surface area contributed by atoms with Crippen molar-refractivity contribution in [2.75, 3.05) is 5.73 Å². The highest BCUT2D eigenvalue weighted by atomic mass is 19.1. The summed E-state index contributed by atoms with van der Waals surface area (Å²) >= 11 is 0. The predicted octanol–water partition coefficient (Wildman–Crippen LogP) is 2.86. The molecule has 0 saturated carbocycles. The molecule has 0 saturated heterocycles. The van der Waals surface area contributed by atoms with E-state index in [1.54, 1.807) is 36.7 Å². The summed E-state index contributed by atoms with van der Waals surface area (Å²) in [4.78, 5) is 4.05. The standard InChI is InChI=1S/C14H11FN4/c15-11-6-2-1-5-10(11)12-13(18-19-14(12)16)9-4-3-7-17-8-9/h1-8H,(H3,16,18,19). The fourth-order valence-corrected chi connectivity index (χ4v) is 2.01. The molecule has 19 heavy (non-hydrogen) atoms. The number of hydrogen-bond donors (Lipinski definition) is 2. The van der Waals surface area contributed by atoms with Crippen molar-refractivity contribution >= 4 is 5.82 Å². The lowest BCUT2D eigenvalue weighted by Crippen LogP contribution is -1.91.